The van der Waals surface area contributed by atoms with Gasteiger partial charge in [0.1, 0.15) is 34.0 Å². The van der Waals surface area contributed by atoms with E-state index in [-0.39, 0.29) is 17.4 Å². The normalized spacial score (nSPS) is 12.0. The van der Waals surface area contributed by atoms with E-state index < -0.39 is 18.0 Å². The number of anilines is 1. The van der Waals surface area contributed by atoms with Gasteiger partial charge in [-0.3, -0.25) is 15.3 Å². The maximum absolute atomic E-state index is 15.2. The molecule has 1 atom stereocenters. The van der Waals surface area contributed by atoms with Gasteiger partial charge in [-0.1, -0.05) is 23.2 Å². The average Bonchev–Trinajstić information content (AvgIpc) is 3.35. The highest BCUT2D eigenvalue weighted by molar-refractivity contribution is 7.21. The van der Waals surface area contributed by atoms with Crippen LogP contribution in [0.25, 0.3) is 31.7 Å². The number of aromatic nitrogens is 3. The van der Waals surface area contributed by atoms with E-state index in [9.17, 15) is 4.79 Å². The zero-order chi connectivity index (χ0) is 28.6. The molecule has 0 spiro atoms. The molecule has 3 aromatic heterocycles. The fraction of sp³-hybridized carbons (Fsp3) is 0.214. The second-order valence-corrected chi connectivity index (χ2v) is 10.9. The second kappa shape index (κ2) is 11.4. The smallest absolute Gasteiger partial charge is 0.411 e. The van der Waals surface area contributed by atoms with Crippen molar-refractivity contribution in [1.29, 1.82) is 0 Å². The van der Waals surface area contributed by atoms with Crippen LogP contribution < -0.4 is 14.8 Å². The number of carbonyl (C=O) groups excluding carboxylic acids is 1. The van der Waals surface area contributed by atoms with E-state index in [1.807, 2.05) is 19.9 Å². The van der Waals surface area contributed by atoms with Crippen LogP contribution in [0, 0.1) is 19.7 Å². The fourth-order valence-corrected chi connectivity index (χ4v) is 5.50. The van der Waals surface area contributed by atoms with Crippen LogP contribution in [0.3, 0.4) is 0 Å². The summed E-state index contributed by atoms with van der Waals surface area (Å²) in [5.41, 5.74) is 3.94. The van der Waals surface area contributed by atoms with Gasteiger partial charge in [0.25, 0.3) is 0 Å². The molecule has 206 valence electrons. The first-order valence-electron chi connectivity index (χ1n) is 12.1. The van der Waals surface area contributed by atoms with Crippen molar-refractivity contribution in [2.45, 2.75) is 26.9 Å². The first-order chi connectivity index (χ1) is 19.1. The number of hydrogen-bond donors (Lipinski definition) is 1. The third kappa shape index (κ3) is 5.74. The van der Waals surface area contributed by atoms with E-state index in [1.54, 1.807) is 44.6 Å². The minimum atomic E-state index is -0.762. The minimum Gasteiger partial charge on any atom is -0.495 e. The number of methoxy groups -OCH3 is 1. The van der Waals surface area contributed by atoms with Crippen molar-refractivity contribution in [3.8, 4) is 22.1 Å². The number of nitrogens with one attached hydrogen (secondary N) is 1. The molecule has 0 bridgehead atoms. The number of nitrogens with zero attached hydrogens (tertiary/aromatic N) is 3. The summed E-state index contributed by atoms with van der Waals surface area (Å²) in [6, 6.07) is 8.67. The van der Waals surface area contributed by atoms with Gasteiger partial charge in [0.15, 0.2) is 11.6 Å². The predicted molar refractivity (Wildman–Crippen MR) is 156 cm³/mol. The van der Waals surface area contributed by atoms with Gasteiger partial charge < -0.3 is 14.2 Å². The molecule has 8 nitrogen and oxygen atoms in total. The lowest BCUT2D eigenvalue weighted by atomic mass is 10.1. The van der Waals surface area contributed by atoms with E-state index in [1.165, 1.54) is 17.4 Å². The molecule has 0 fully saturated rings. The van der Waals surface area contributed by atoms with Crippen molar-refractivity contribution in [2.75, 3.05) is 19.0 Å². The Hall–Kier alpha value is -3.73. The maximum Gasteiger partial charge on any atom is 0.411 e. The number of amides is 1. The predicted octanol–water partition coefficient (Wildman–Crippen LogP) is 7.99. The second-order valence-electron chi connectivity index (χ2n) is 9.05. The molecular weight excluding hydrogens is 578 g/mol. The first kappa shape index (κ1) is 27.8. The van der Waals surface area contributed by atoms with Crippen molar-refractivity contribution in [3.63, 3.8) is 0 Å². The highest BCUT2D eigenvalue weighted by atomic mass is 35.5. The van der Waals surface area contributed by atoms with Crippen LogP contribution in [-0.2, 0) is 4.74 Å². The molecule has 0 saturated carbocycles. The largest absolute Gasteiger partial charge is 0.495 e. The number of benzene rings is 2. The molecule has 40 heavy (non-hydrogen) atoms. The van der Waals surface area contributed by atoms with Crippen molar-refractivity contribution < 1.29 is 23.4 Å². The lowest BCUT2D eigenvalue weighted by Gasteiger charge is -2.16. The lowest BCUT2D eigenvalue weighted by molar-refractivity contribution is 0.0969. The average molecular weight is 601 g/mol. The molecule has 0 radical (unpaired) electrons. The molecule has 12 heteroatoms. The van der Waals surface area contributed by atoms with Crippen LogP contribution in [0.15, 0.2) is 42.7 Å². The molecule has 1 N–H and O–H groups in total. The molecule has 0 unspecified atom stereocenters. The quantitative estimate of drug-likeness (QED) is 0.202. The lowest BCUT2D eigenvalue weighted by Crippen LogP contribution is -2.24. The molecule has 2 aromatic carbocycles. The van der Waals surface area contributed by atoms with Gasteiger partial charge in [-0.25, -0.2) is 14.2 Å². The van der Waals surface area contributed by atoms with Crippen LogP contribution in [0.4, 0.5) is 14.9 Å². The molecule has 0 aliphatic heterocycles. The maximum atomic E-state index is 15.2. The van der Waals surface area contributed by atoms with Crippen LogP contribution in [0.2, 0.25) is 10.0 Å². The number of rotatable bonds is 7. The summed E-state index contributed by atoms with van der Waals surface area (Å²) in [6.45, 7) is 5.29. The monoisotopic (exact) mass is 600 g/mol. The van der Waals surface area contributed by atoms with E-state index in [4.69, 9.17) is 37.4 Å². The summed E-state index contributed by atoms with van der Waals surface area (Å²) in [7, 11) is 1.56. The molecule has 0 aliphatic carbocycles. The summed E-state index contributed by atoms with van der Waals surface area (Å²) in [5.74, 6) is -0.251. The molecule has 1 amide bonds. The first-order valence-corrected chi connectivity index (χ1v) is 13.7. The Labute approximate surface area is 243 Å². The summed E-state index contributed by atoms with van der Waals surface area (Å²) >= 11 is 14.0. The third-order valence-electron chi connectivity index (χ3n) is 6.09. The van der Waals surface area contributed by atoms with Crippen LogP contribution >= 0.6 is 34.5 Å². The van der Waals surface area contributed by atoms with E-state index in [0.717, 1.165) is 16.6 Å². The summed E-state index contributed by atoms with van der Waals surface area (Å²) in [4.78, 5) is 25.5. The van der Waals surface area contributed by atoms with Crippen molar-refractivity contribution in [2.24, 2.45) is 0 Å². The Bertz CT molecular complexity index is 1760. The third-order valence-corrected chi connectivity index (χ3v) is 7.68. The van der Waals surface area contributed by atoms with E-state index in [0.29, 0.717) is 42.8 Å². The zero-order valence-corrected chi connectivity index (χ0v) is 24.2. The summed E-state index contributed by atoms with van der Waals surface area (Å²) in [5, 5.41) is 4.26. The van der Waals surface area contributed by atoms with Crippen LogP contribution in [0.5, 0.6) is 11.5 Å². The Morgan fingerprint density at radius 2 is 1.90 bits per heavy atom. The number of ether oxygens (including phenoxy) is 3. The van der Waals surface area contributed by atoms with E-state index >= 15 is 4.39 Å². The van der Waals surface area contributed by atoms with Crippen molar-refractivity contribution >= 4 is 67.4 Å². The summed E-state index contributed by atoms with van der Waals surface area (Å²) < 4.78 is 32.1. The van der Waals surface area contributed by atoms with Gasteiger partial charge >= 0.3 is 6.09 Å². The highest BCUT2D eigenvalue weighted by Gasteiger charge is 2.21. The number of fused-ring (bicyclic) bond motifs is 2. The minimum absolute atomic E-state index is 0.0821. The number of aryl methyl sites for hydroxylation is 2. The number of pyridine rings is 2. The molecule has 5 aromatic rings. The molecule has 3 heterocycles. The SMILES string of the molecule is COc1cnc2c(-c3nc4c(Cl)c(F)c(O[C@@H](C)COC(=O)Nc5cnc(C)c(C)c5)cc4s3)cc(Cl)cc2c1. The van der Waals surface area contributed by atoms with Gasteiger partial charge in [-0.15, -0.1) is 11.3 Å². The van der Waals surface area contributed by atoms with Crippen LogP contribution in [0.1, 0.15) is 18.2 Å². The molecule has 5 rings (SSSR count). The van der Waals surface area contributed by atoms with Gasteiger partial charge in [0.2, 0.25) is 0 Å². The fourth-order valence-electron chi connectivity index (χ4n) is 3.96. The Morgan fingerprint density at radius 3 is 2.65 bits per heavy atom. The molecule has 0 aliphatic rings. The van der Waals surface area contributed by atoms with Crippen molar-refractivity contribution in [1.82, 2.24) is 15.0 Å². The Kier molecular flexibility index (Phi) is 7.93. The Morgan fingerprint density at radius 1 is 1.10 bits per heavy atom. The number of halogens is 3. The van der Waals surface area contributed by atoms with Crippen molar-refractivity contribution in [3.05, 3.63) is 69.8 Å². The molecule has 0 saturated heterocycles. The van der Waals surface area contributed by atoms with Gasteiger partial charge in [-0.2, -0.15) is 0 Å². The zero-order valence-electron chi connectivity index (χ0n) is 21.8. The van der Waals surface area contributed by atoms with Gasteiger partial charge in [0, 0.05) is 27.7 Å². The number of carbonyl (C=O) groups is 1. The number of thiazole rings is 1. The summed E-state index contributed by atoms with van der Waals surface area (Å²) in [6.07, 6.45) is 1.80. The topological polar surface area (TPSA) is 95.5 Å². The standard InChI is InChI=1S/C28H23Cl2FN4O4S/c1-13-5-18(10-32-15(13)3)34-28(36)38-12-14(2)39-21-9-22-26(23(30)24(21)31)35-27(40-22)20-8-17(29)6-16-7-19(37-4)11-33-25(16)20/h5-11,14H,12H2,1-4H3,(H,34,36)/t14-/m0/s1. The number of hydrogen-bond acceptors (Lipinski definition) is 8. The van der Waals surface area contributed by atoms with Crippen LogP contribution in [-0.4, -0.2) is 40.9 Å². The van der Waals surface area contributed by atoms with E-state index in [2.05, 4.69) is 20.3 Å². The van der Waals surface area contributed by atoms with Gasteiger partial charge in [-0.05, 0) is 50.6 Å². The van der Waals surface area contributed by atoms with Gasteiger partial charge in [0.05, 0.1) is 35.4 Å². The molecular formula is C28H23Cl2FN4O4S. The highest BCUT2D eigenvalue weighted by Crippen LogP contribution is 2.41. The Balaban J connectivity index is 1.35.